The van der Waals surface area contributed by atoms with Crippen molar-refractivity contribution in [2.24, 2.45) is 0 Å². The van der Waals surface area contributed by atoms with Gasteiger partial charge in [0.25, 0.3) is 5.91 Å². The number of carbonyl (C=O) groups is 2. The highest BCUT2D eigenvalue weighted by Crippen LogP contribution is 2.25. The average molecular weight is 436 g/mol. The molecule has 1 heterocycles. The second kappa shape index (κ2) is 8.63. The molecule has 0 saturated heterocycles. The predicted molar refractivity (Wildman–Crippen MR) is 108 cm³/mol. The third kappa shape index (κ3) is 4.75. The van der Waals surface area contributed by atoms with Crippen LogP contribution in [0.25, 0.3) is 5.69 Å². The number of hydrogen-bond acceptors (Lipinski definition) is 4. The lowest BCUT2D eigenvalue weighted by Gasteiger charge is -2.09. The van der Waals surface area contributed by atoms with E-state index in [1.165, 1.54) is 28.9 Å². The second-order valence-corrected chi connectivity index (χ2v) is 7.02. The molecule has 29 heavy (non-hydrogen) atoms. The van der Waals surface area contributed by atoms with Gasteiger partial charge in [-0.15, -0.1) is 0 Å². The van der Waals surface area contributed by atoms with Crippen LogP contribution in [0.4, 0.5) is 10.1 Å². The summed E-state index contributed by atoms with van der Waals surface area (Å²) in [6.07, 6.45) is 0. The molecule has 150 valence electrons. The molecule has 2 aromatic carbocycles. The van der Waals surface area contributed by atoms with Crippen molar-refractivity contribution in [2.45, 2.75) is 13.8 Å². The summed E-state index contributed by atoms with van der Waals surface area (Å²) in [6, 6.07) is 10.5. The summed E-state index contributed by atoms with van der Waals surface area (Å²) in [5.74, 6) is -1.73. The first-order valence-electron chi connectivity index (χ1n) is 8.50. The summed E-state index contributed by atoms with van der Waals surface area (Å²) in [6.45, 7) is 2.88. The SMILES string of the molecule is Cc1ccc(Cl)cc1NC(=O)COC(=O)c1c(C)nn(-c2ccc(F)cc2)c1Cl. The van der Waals surface area contributed by atoms with Crippen LogP contribution in [0.3, 0.4) is 0 Å². The molecule has 0 aliphatic heterocycles. The van der Waals surface area contributed by atoms with Crippen molar-refractivity contribution in [3.05, 3.63) is 75.3 Å². The van der Waals surface area contributed by atoms with E-state index in [1.54, 1.807) is 25.1 Å². The first kappa shape index (κ1) is 20.8. The number of anilines is 1. The van der Waals surface area contributed by atoms with Gasteiger partial charge in [0.15, 0.2) is 6.61 Å². The van der Waals surface area contributed by atoms with Gasteiger partial charge < -0.3 is 10.1 Å². The van der Waals surface area contributed by atoms with Gasteiger partial charge in [-0.25, -0.2) is 13.9 Å². The van der Waals surface area contributed by atoms with Gasteiger partial charge in [0.1, 0.15) is 16.5 Å². The summed E-state index contributed by atoms with van der Waals surface area (Å²) in [5, 5.41) is 7.30. The van der Waals surface area contributed by atoms with E-state index < -0.39 is 24.3 Å². The topological polar surface area (TPSA) is 73.2 Å². The molecule has 0 saturated carbocycles. The maximum atomic E-state index is 13.1. The summed E-state index contributed by atoms with van der Waals surface area (Å²) < 4.78 is 19.5. The number of aromatic nitrogens is 2. The van der Waals surface area contributed by atoms with Gasteiger partial charge >= 0.3 is 5.97 Å². The fourth-order valence-electron chi connectivity index (χ4n) is 2.60. The van der Waals surface area contributed by atoms with E-state index in [4.69, 9.17) is 27.9 Å². The Morgan fingerprint density at radius 2 is 1.83 bits per heavy atom. The Kier molecular flexibility index (Phi) is 6.20. The highest BCUT2D eigenvalue weighted by molar-refractivity contribution is 6.33. The van der Waals surface area contributed by atoms with Gasteiger partial charge in [0.05, 0.1) is 11.4 Å². The van der Waals surface area contributed by atoms with Crippen LogP contribution >= 0.6 is 23.2 Å². The Labute approximate surface area is 176 Å². The number of nitrogens with zero attached hydrogens (tertiary/aromatic N) is 2. The highest BCUT2D eigenvalue weighted by Gasteiger charge is 2.23. The van der Waals surface area contributed by atoms with E-state index in [0.29, 0.717) is 22.1 Å². The van der Waals surface area contributed by atoms with E-state index in [-0.39, 0.29) is 10.7 Å². The molecule has 3 aromatic rings. The van der Waals surface area contributed by atoms with Gasteiger partial charge in [0, 0.05) is 10.7 Å². The molecule has 9 heteroatoms. The number of carbonyl (C=O) groups excluding carboxylic acids is 2. The largest absolute Gasteiger partial charge is 0.452 e. The zero-order valence-electron chi connectivity index (χ0n) is 15.5. The van der Waals surface area contributed by atoms with Gasteiger partial charge in [0.2, 0.25) is 0 Å². The summed E-state index contributed by atoms with van der Waals surface area (Å²) in [5.41, 5.74) is 2.16. The molecule has 1 amide bonds. The zero-order valence-corrected chi connectivity index (χ0v) is 17.0. The Balaban J connectivity index is 1.70. The van der Waals surface area contributed by atoms with Gasteiger partial charge in [-0.05, 0) is 55.8 Å². The Morgan fingerprint density at radius 3 is 2.52 bits per heavy atom. The number of aryl methyl sites for hydroxylation is 2. The van der Waals surface area contributed by atoms with Crippen molar-refractivity contribution in [3.63, 3.8) is 0 Å². The van der Waals surface area contributed by atoms with Gasteiger partial charge in [-0.2, -0.15) is 5.10 Å². The van der Waals surface area contributed by atoms with E-state index in [2.05, 4.69) is 10.4 Å². The second-order valence-electron chi connectivity index (χ2n) is 6.22. The van der Waals surface area contributed by atoms with Crippen molar-refractivity contribution in [1.82, 2.24) is 9.78 Å². The lowest BCUT2D eigenvalue weighted by molar-refractivity contribution is -0.119. The molecule has 0 unspecified atom stereocenters. The molecule has 0 fully saturated rings. The van der Waals surface area contributed by atoms with E-state index in [0.717, 1.165) is 5.56 Å². The minimum atomic E-state index is -0.793. The summed E-state index contributed by atoms with van der Waals surface area (Å²) in [4.78, 5) is 24.6. The van der Waals surface area contributed by atoms with Crippen molar-refractivity contribution >= 4 is 40.8 Å². The van der Waals surface area contributed by atoms with Crippen LogP contribution in [-0.4, -0.2) is 28.3 Å². The first-order valence-corrected chi connectivity index (χ1v) is 9.26. The minimum absolute atomic E-state index is 0.00482. The van der Waals surface area contributed by atoms with Crippen LogP contribution in [0, 0.1) is 19.7 Å². The number of benzene rings is 2. The number of esters is 1. The maximum absolute atomic E-state index is 13.1. The molecular formula is C20H16Cl2FN3O3. The molecular weight excluding hydrogens is 420 g/mol. The Morgan fingerprint density at radius 1 is 1.14 bits per heavy atom. The standard InChI is InChI=1S/C20H16Cl2FN3O3/c1-11-3-4-13(21)9-16(11)24-17(27)10-29-20(28)18-12(2)25-26(19(18)22)15-7-5-14(23)6-8-15/h3-9H,10H2,1-2H3,(H,24,27). The number of nitrogens with one attached hydrogen (secondary N) is 1. The zero-order chi connectivity index (χ0) is 21.1. The molecule has 0 spiro atoms. The predicted octanol–water partition coefficient (Wildman–Crippen LogP) is 4.73. The lowest BCUT2D eigenvalue weighted by atomic mass is 10.2. The molecule has 0 radical (unpaired) electrons. The monoisotopic (exact) mass is 435 g/mol. The van der Waals surface area contributed by atoms with Gasteiger partial charge in [-0.1, -0.05) is 29.3 Å². The minimum Gasteiger partial charge on any atom is -0.452 e. The third-order valence-corrected chi connectivity index (χ3v) is 4.67. The quantitative estimate of drug-likeness (QED) is 0.587. The summed E-state index contributed by atoms with van der Waals surface area (Å²) in [7, 11) is 0. The smallest absolute Gasteiger partial charge is 0.343 e. The third-order valence-electron chi connectivity index (χ3n) is 4.09. The fourth-order valence-corrected chi connectivity index (χ4v) is 3.12. The van der Waals surface area contributed by atoms with Crippen molar-refractivity contribution < 1.29 is 18.7 Å². The van der Waals surface area contributed by atoms with Crippen LogP contribution in [0.15, 0.2) is 42.5 Å². The number of amides is 1. The molecule has 0 aliphatic carbocycles. The molecule has 0 bridgehead atoms. The van der Waals surface area contributed by atoms with Crippen molar-refractivity contribution in [1.29, 1.82) is 0 Å². The van der Waals surface area contributed by atoms with Crippen LogP contribution in [0.5, 0.6) is 0 Å². The average Bonchev–Trinajstić information content (AvgIpc) is 2.97. The molecule has 1 N–H and O–H groups in total. The molecule has 0 atom stereocenters. The molecule has 1 aromatic heterocycles. The first-order chi connectivity index (χ1) is 13.8. The number of rotatable bonds is 5. The van der Waals surface area contributed by atoms with Crippen LogP contribution < -0.4 is 5.32 Å². The Hall–Kier alpha value is -2.90. The number of halogens is 3. The molecule has 0 aliphatic rings. The van der Waals surface area contributed by atoms with Crippen molar-refractivity contribution in [3.8, 4) is 5.69 Å². The Bertz CT molecular complexity index is 1080. The van der Waals surface area contributed by atoms with E-state index in [9.17, 15) is 14.0 Å². The normalized spacial score (nSPS) is 10.7. The number of ether oxygens (including phenoxy) is 1. The van der Waals surface area contributed by atoms with Crippen molar-refractivity contribution in [2.75, 3.05) is 11.9 Å². The molecule has 3 rings (SSSR count). The van der Waals surface area contributed by atoms with E-state index >= 15 is 0 Å². The van der Waals surface area contributed by atoms with Crippen LogP contribution in [-0.2, 0) is 9.53 Å². The van der Waals surface area contributed by atoms with Crippen LogP contribution in [0.1, 0.15) is 21.6 Å². The summed E-state index contributed by atoms with van der Waals surface area (Å²) >= 11 is 12.2. The van der Waals surface area contributed by atoms with E-state index in [1.807, 2.05) is 6.92 Å². The van der Waals surface area contributed by atoms with Crippen LogP contribution in [0.2, 0.25) is 10.2 Å². The molecule has 6 nitrogen and oxygen atoms in total. The highest BCUT2D eigenvalue weighted by atomic mass is 35.5. The number of hydrogen-bond donors (Lipinski definition) is 1. The maximum Gasteiger partial charge on any atom is 0.343 e. The van der Waals surface area contributed by atoms with Gasteiger partial charge in [-0.3, -0.25) is 4.79 Å². The lowest BCUT2D eigenvalue weighted by Crippen LogP contribution is -2.21. The fraction of sp³-hybridized carbons (Fsp3) is 0.150.